The van der Waals surface area contributed by atoms with Crippen LogP contribution in [0.25, 0.3) is 11.0 Å². The molecule has 0 spiro atoms. The maximum absolute atomic E-state index is 13.6. The molecule has 0 saturated heterocycles. The molecule has 1 N–H and O–H groups in total. The van der Waals surface area contributed by atoms with Crippen molar-refractivity contribution in [2.24, 2.45) is 0 Å². The predicted octanol–water partition coefficient (Wildman–Crippen LogP) is 4.57. The minimum absolute atomic E-state index is 0.0115. The van der Waals surface area contributed by atoms with Gasteiger partial charge in [0.1, 0.15) is 17.2 Å². The van der Waals surface area contributed by atoms with Crippen LogP contribution in [0.2, 0.25) is 0 Å². The Morgan fingerprint density at radius 2 is 1.71 bits per heavy atom. The van der Waals surface area contributed by atoms with Gasteiger partial charge >= 0.3 is 0 Å². The minimum Gasteiger partial charge on any atom is -0.508 e. The molecule has 0 saturated carbocycles. The second-order valence-corrected chi connectivity index (χ2v) is 7.92. The number of nitrogens with zero attached hydrogens (tertiary/aromatic N) is 2. The minimum atomic E-state index is -0.758. The average Bonchev–Trinajstić information content (AvgIpc) is 3.02. The first kappa shape index (κ1) is 19.1. The number of anilines is 1. The Morgan fingerprint density at radius 3 is 2.45 bits per heavy atom. The van der Waals surface area contributed by atoms with E-state index in [-0.39, 0.29) is 22.5 Å². The SMILES string of the molecule is Cc1cccc(N2C(=O)c3oc4cc(C)c(C)cc4c(=O)c3[C@@H]2c2cccc(O)c2)n1. The van der Waals surface area contributed by atoms with Gasteiger partial charge in [-0.1, -0.05) is 18.2 Å². The van der Waals surface area contributed by atoms with Crippen molar-refractivity contribution in [3.8, 4) is 5.75 Å². The van der Waals surface area contributed by atoms with Crippen molar-refractivity contribution in [1.82, 2.24) is 4.98 Å². The van der Waals surface area contributed by atoms with Crippen molar-refractivity contribution in [1.29, 1.82) is 0 Å². The Kier molecular flexibility index (Phi) is 4.18. The first-order valence-corrected chi connectivity index (χ1v) is 9.99. The summed E-state index contributed by atoms with van der Waals surface area (Å²) >= 11 is 0. The second-order valence-electron chi connectivity index (χ2n) is 7.92. The third kappa shape index (κ3) is 2.91. The van der Waals surface area contributed by atoms with Gasteiger partial charge in [-0.05, 0) is 73.9 Å². The molecular formula is C25H20N2O4. The normalized spacial score (nSPS) is 15.5. The van der Waals surface area contributed by atoms with E-state index in [0.717, 1.165) is 16.8 Å². The third-order valence-electron chi connectivity index (χ3n) is 5.79. The van der Waals surface area contributed by atoms with Crippen molar-refractivity contribution in [2.45, 2.75) is 26.8 Å². The molecule has 4 aromatic rings. The van der Waals surface area contributed by atoms with Crippen molar-refractivity contribution < 1.29 is 14.3 Å². The Bertz CT molecular complexity index is 1440. The summed E-state index contributed by atoms with van der Waals surface area (Å²) in [6.07, 6.45) is 0. The summed E-state index contributed by atoms with van der Waals surface area (Å²) in [7, 11) is 0. The van der Waals surface area contributed by atoms with E-state index in [1.807, 2.05) is 32.9 Å². The maximum Gasteiger partial charge on any atom is 0.296 e. The molecule has 0 radical (unpaired) electrons. The highest BCUT2D eigenvalue weighted by molar-refractivity contribution is 6.10. The Hall–Kier alpha value is -3.93. The van der Waals surface area contributed by atoms with E-state index in [2.05, 4.69) is 4.98 Å². The third-order valence-corrected chi connectivity index (χ3v) is 5.79. The highest BCUT2D eigenvalue weighted by Gasteiger charge is 2.44. The van der Waals surface area contributed by atoms with Crippen molar-refractivity contribution >= 4 is 22.7 Å². The largest absolute Gasteiger partial charge is 0.508 e. The molecule has 2 aromatic carbocycles. The number of hydrogen-bond acceptors (Lipinski definition) is 5. The predicted molar refractivity (Wildman–Crippen MR) is 118 cm³/mol. The lowest BCUT2D eigenvalue weighted by molar-refractivity contribution is 0.0970. The molecule has 1 amide bonds. The first-order valence-electron chi connectivity index (χ1n) is 9.99. The molecule has 0 bridgehead atoms. The van der Waals surface area contributed by atoms with Crippen LogP contribution in [0, 0.1) is 20.8 Å². The lowest BCUT2D eigenvalue weighted by Gasteiger charge is -2.24. The van der Waals surface area contributed by atoms with Crippen LogP contribution in [0.4, 0.5) is 5.82 Å². The molecule has 1 atom stereocenters. The van der Waals surface area contributed by atoms with Gasteiger partial charge in [-0.25, -0.2) is 4.98 Å². The smallest absolute Gasteiger partial charge is 0.296 e. The number of aromatic nitrogens is 1. The van der Waals surface area contributed by atoms with Crippen LogP contribution in [-0.4, -0.2) is 16.0 Å². The van der Waals surface area contributed by atoms with Crippen molar-refractivity contribution in [2.75, 3.05) is 4.90 Å². The van der Waals surface area contributed by atoms with Crippen LogP contribution >= 0.6 is 0 Å². The molecular weight excluding hydrogens is 392 g/mol. The van der Waals surface area contributed by atoms with Crippen LogP contribution in [0.5, 0.6) is 5.75 Å². The quantitative estimate of drug-likeness (QED) is 0.521. The fourth-order valence-electron chi connectivity index (χ4n) is 4.14. The fraction of sp³-hybridized carbons (Fsp3) is 0.160. The molecule has 5 rings (SSSR count). The number of phenolic OH excluding ortho intramolecular Hbond substituents is 1. The van der Waals surface area contributed by atoms with Crippen LogP contribution in [0.15, 0.2) is 63.8 Å². The first-order chi connectivity index (χ1) is 14.8. The lowest BCUT2D eigenvalue weighted by atomic mass is 9.97. The summed E-state index contributed by atoms with van der Waals surface area (Å²) < 4.78 is 6.02. The fourth-order valence-corrected chi connectivity index (χ4v) is 4.14. The van der Waals surface area contributed by atoms with Gasteiger partial charge in [0, 0.05) is 5.69 Å². The van der Waals surface area contributed by atoms with E-state index in [1.54, 1.807) is 42.5 Å². The van der Waals surface area contributed by atoms with Crippen molar-refractivity contribution in [3.05, 3.63) is 98.5 Å². The molecule has 6 nitrogen and oxygen atoms in total. The molecule has 6 heteroatoms. The van der Waals surface area contributed by atoms with E-state index < -0.39 is 11.9 Å². The monoisotopic (exact) mass is 412 g/mol. The van der Waals surface area contributed by atoms with E-state index in [0.29, 0.717) is 22.4 Å². The van der Waals surface area contributed by atoms with Gasteiger partial charge in [0.25, 0.3) is 5.91 Å². The Morgan fingerprint density at radius 1 is 0.968 bits per heavy atom. The van der Waals surface area contributed by atoms with Gasteiger partial charge in [0.15, 0.2) is 5.43 Å². The summed E-state index contributed by atoms with van der Waals surface area (Å²) in [5.74, 6) is 0.0452. The maximum atomic E-state index is 13.6. The average molecular weight is 412 g/mol. The number of aryl methyl sites for hydroxylation is 3. The van der Waals surface area contributed by atoms with Gasteiger partial charge in [0.05, 0.1) is 17.0 Å². The van der Waals surface area contributed by atoms with E-state index in [9.17, 15) is 14.7 Å². The highest BCUT2D eigenvalue weighted by Crippen LogP contribution is 2.41. The van der Waals surface area contributed by atoms with Gasteiger partial charge in [0.2, 0.25) is 5.76 Å². The van der Waals surface area contributed by atoms with Crippen LogP contribution in [0.3, 0.4) is 0 Å². The molecule has 2 aromatic heterocycles. The van der Waals surface area contributed by atoms with Crippen molar-refractivity contribution in [3.63, 3.8) is 0 Å². The molecule has 0 unspecified atom stereocenters. The number of rotatable bonds is 2. The molecule has 1 aliphatic rings. The zero-order valence-corrected chi connectivity index (χ0v) is 17.3. The summed E-state index contributed by atoms with van der Waals surface area (Å²) in [4.78, 5) is 33.1. The van der Waals surface area contributed by atoms with Gasteiger partial charge < -0.3 is 9.52 Å². The highest BCUT2D eigenvalue weighted by atomic mass is 16.3. The summed E-state index contributed by atoms with van der Waals surface area (Å²) in [6, 6.07) is 14.8. The number of hydrogen-bond donors (Lipinski definition) is 1. The van der Waals surface area contributed by atoms with Gasteiger partial charge in [-0.3, -0.25) is 14.5 Å². The zero-order valence-electron chi connectivity index (χ0n) is 17.3. The lowest BCUT2D eigenvalue weighted by Crippen LogP contribution is -2.30. The number of benzene rings is 2. The van der Waals surface area contributed by atoms with Crippen LogP contribution < -0.4 is 10.3 Å². The molecule has 1 aliphatic heterocycles. The molecule has 0 fully saturated rings. The van der Waals surface area contributed by atoms with Gasteiger partial charge in [-0.15, -0.1) is 0 Å². The Balaban J connectivity index is 1.85. The van der Waals surface area contributed by atoms with E-state index >= 15 is 0 Å². The number of fused-ring (bicyclic) bond motifs is 2. The van der Waals surface area contributed by atoms with Crippen LogP contribution in [-0.2, 0) is 0 Å². The van der Waals surface area contributed by atoms with E-state index in [4.69, 9.17) is 4.42 Å². The number of pyridine rings is 1. The number of carbonyl (C=O) groups is 1. The van der Waals surface area contributed by atoms with Crippen LogP contribution in [0.1, 0.15) is 44.5 Å². The number of phenols is 1. The number of carbonyl (C=O) groups excluding carboxylic acids is 1. The van der Waals surface area contributed by atoms with Gasteiger partial charge in [-0.2, -0.15) is 0 Å². The molecule has 31 heavy (non-hydrogen) atoms. The summed E-state index contributed by atoms with van der Waals surface area (Å²) in [5, 5.41) is 10.5. The number of amides is 1. The summed E-state index contributed by atoms with van der Waals surface area (Å²) in [5.41, 5.74) is 3.68. The van der Waals surface area contributed by atoms with E-state index in [1.165, 1.54) is 4.90 Å². The topological polar surface area (TPSA) is 83.6 Å². The second kappa shape index (κ2) is 6.80. The standard InChI is InChI=1S/C25H20N2O4/c1-13-10-18-19(11-14(13)2)31-24-21(23(18)29)22(16-7-5-8-17(28)12-16)27(25(24)30)20-9-4-6-15(3)26-20/h4-12,22,28H,1-3H3/t22-/m0/s1. The zero-order chi connectivity index (χ0) is 21.9. The molecule has 0 aliphatic carbocycles. The molecule has 3 heterocycles. The number of aromatic hydroxyl groups is 1. The Labute approximate surface area is 178 Å². The molecule has 154 valence electrons. The summed E-state index contributed by atoms with van der Waals surface area (Å²) in [6.45, 7) is 5.70.